The number of hydrogen-bond acceptors (Lipinski definition) is 5. The largest absolute Gasteiger partial charge is 0.507 e. The van der Waals surface area contributed by atoms with Crippen molar-refractivity contribution in [1.82, 2.24) is 0 Å². The first kappa shape index (κ1) is 13.1. The zero-order valence-corrected chi connectivity index (χ0v) is 11.1. The molecule has 1 radical (unpaired) electrons. The van der Waals surface area contributed by atoms with Crippen molar-refractivity contribution < 1.29 is 19.4 Å². The van der Waals surface area contributed by atoms with Crippen molar-refractivity contribution in [1.29, 1.82) is 0 Å². The molecule has 0 aliphatic carbocycles. The normalized spacial score (nSPS) is 10.7. The van der Waals surface area contributed by atoms with E-state index in [0.717, 1.165) is 0 Å². The van der Waals surface area contributed by atoms with E-state index < -0.39 is 0 Å². The summed E-state index contributed by atoms with van der Waals surface area (Å²) in [5, 5.41) is 19.6. The Hall–Kier alpha value is -2.95. The summed E-state index contributed by atoms with van der Waals surface area (Å²) in [6, 6.07) is 11.4. The second-order valence-electron chi connectivity index (χ2n) is 4.44. The average molecular weight is 283 g/mol. The predicted molar refractivity (Wildman–Crippen MR) is 76.6 cm³/mol. The SMILES string of the molecule is COc1ccc(-c2cc(=O)c3c(O)c[c]cc3o2)cc1O. The van der Waals surface area contributed by atoms with E-state index in [1.54, 1.807) is 12.1 Å². The van der Waals surface area contributed by atoms with Gasteiger partial charge in [-0.05, 0) is 36.4 Å². The summed E-state index contributed by atoms with van der Waals surface area (Å²) in [5.41, 5.74) is 0.386. The molecule has 21 heavy (non-hydrogen) atoms. The lowest BCUT2D eigenvalue weighted by molar-refractivity contribution is 0.373. The Morgan fingerprint density at radius 1 is 1.14 bits per heavy atom. The van der Waals surface area contributed by atoms with Gasteiger partial charge in [-0.2, -0.15) is 0 Å². The molecule has 0 fully saturated rings. The number of methoxy groups -OCH3 is 1. The molecule has 5 nitrogen and oxygen atoms in total. The van der Waals surface area contributed by atoms with E-state index in [9.17, 15) is 15.0 Å². The summed E-state index contributed by atoms with van der Waals surface area (Å²) in [7, 11) is 1.45. The molecule has 105 valence electrons. The minimum absolute atomic E-state index is 0.0554. The number of aromatic hydroxyl groups is 2. The van der Waals surface area contributed by atoms with Crippen molar-refractivity contribution in [3.63, 3.8) is 0 Å². The summed E-state index contributed by atoms with van der Waals surface area (Å²) in [5.74, 6) is 0.378. The molecule has 0 spiro atoms. The van der Waals surface area contributed by atoms with E-state index in [1.165, 1.54) is 31.4 Å². The van der Waals surface area contributed by atoms with Crippen LogP contribution in [0.15, 0.2) is 45.6 Å². The van der Waals surface area contributed by atoms with Gasteiger partial charge in [-0.25, -0.2) is 0 Å². The molecule has 5 heteroatoms. The molecule has 0 saturated carbocycles. The van der Waals surface area contributed by atoms with Gasteiger partial charge < -0.3 is 19.4 Å². The van der Waals surface area contributed by atoms with Crippen LogP contribution >= 0.6 is 0 Å². The Labute approximate surface area is 119 Å². The van der Waals surface area contributed by atoms with Crippen LogP contribution in [0.3, 0.4) is 0 Å². The van der Waals surface area contributed by atoms with Crippen molar-refractivity contribution >= 4 is 11.0 Å². The van der Waals surface area contributed by atoms with Gasteiger partial charge in [0.1, 0.15) is 22.5 Å². The quantitative estimate of drug-likeness (QED) is 0.755. The summed E-state index contributed by atoms with van der Waals surface area (Å²) in [4.78, 5) is 12.1. The van der Waals surface area contributed by atoms with Crippen molar-refractivity contribution in [2.45, 2.75) is 0 Å². The number of phenols is 2. The van der Waals surface area contributed by atoms with Gasteiger partial charge in [0.25, 0.3) is 0 Å². The van der Waals surface area contributed by atoms with E-state index in [0.29, 0.717) is 11.3 Å². The topological polar surface area (TPSA) is 79.9 Å². The lowest BCUT2D eigenvalue weighted by atomic mass is 10.1. The third-order valence-corrected chi connectivity index (χ3v) is 3.13. The van der Waals surface area contributed by atoms with E-state index in [2.05, 4.69) is 6.07 Å². The molecule has 0 aliphatic heterocycles. The van der Waals surface area contributed by atoms with E-state index in [4.69, 9.17) is 9.15 Å². The first-order chi connectivity index (χ1) is 10.1. The van der Waals surface area contributed by atoms with Gasteiger partial charge in [-0.15, -0.1) is 0 Å². The van der Waals surface area contributed by atoms with Crippen LogP contribution in [0.1, 0.15) is 0 Å². The van der Waals surface area contributed by atoms with Crippen LogP contribution in [-0.4, -0.2) is 17.3 Å². The third kappa shape index (κ3) is 2.18. The average Bonchev–Trinajstić information content (AvgIpc) is 2.46. The van der Waals surface area contributed by atoms with Crippen LogP contribution in [0.25, 0.3) is 22.3 Å². The molecule has 0 saturated heterocycles. The fraction of sp³-hybridized carbons (Fsp3) is 0.0625. The molecule has 1 aromatic heterocycles. The van der Waals surface area contributed by atoms with Crippen LogP contribution in [-0.2, 0) is 0 Å². The van der Waals surface area contributed by atoms with Crippen LogP contribution in [0, 0.1) is 6.07 Å². The van der Waals surface area contributed by atoms with Gasteiger partial charge >= 0.3 is 0 Å². The highest BCUT2D eigenvalue weighted by atomic mass is 16.5. The fourth-order valence-corrected chi connectivity index (χ4v) is 2.12. The Morgan fingerprint density at radius 2 is 1.95 bits per heavy atom. The third-order valence-electron chi connectivity index (χ3n) is 3.13. The van der Waals surface area contributed by atoms with Gasteiger partial charge in [0.15, 0.2) is 16.9 Å². The minimum Gasteiger partial charge on any atom is -0.507 e. The molecule has 2 N–H and O–H groups in total. The second-order valence-corrected chi connectivity index (χ2v) is 4.44. The zero-order valence-electron chi connectivity index (χ0n) is 11.1. The van der Waals surface area contributed by atoms with Crippen molar-refractivity contribution in [3.8, 4) is 28.6 Å². The van der Waals surface area contributed by atoms with Crippen LogP contribution < -0.4 is 10.2 Å². The van der Waals surface area contributed by atoms with Crippen molar-refractivity contribution in [2.75, 3.05) is 7.11 Å². The van der Waals surface area contributed by atoms with Crippen LogP contribution in [0.5, 0.6) is 17.2 Å². The Bertz CT molecular complexity index is 879. The molecular formula is C16H11O5. The Kier molecular flexibility index (Phi) is 3.02. The number of hydrogen-bond donors (Lipinski definition) is 2. The zero-order chi connectivity index (χ0) is 15.0. The number of phenolic OH excluding ortho intramolecular Hbond substituents is 2. The second kappa shape index (κ2) is 4.86. The summed E-state index contributed by atoms with van der Waals surface area (Å²) in [6.07, 6.45) is 0. The van der Waals surface area contributed by atoms with Crippen molar-refractivity contribution in [2.24, 2.45) is 0 Å². The monoisotopic (exact) mass is 283 g/mol. The summed E-state index contributed by atoms with van der Waals surface area (Å²) >= 11 is 0. The predicted octanol–water partition coefficient (Wildman–Crippen LogP) is 2.68. The number of benzene rings is 2. The Balaban J connectivity index is 2.22. The molecule has 2 aromatic carbocycles. The smallest absolute Gasteiger partial charge is 0.197 e. The summed E-state index contributed by atoms with van der Waals surface area (Å²) < 4.78 is 10.6. The lowest BCUT2D eigenvalue weighted by Crippen LogP contribution is -2.00. The molecular weight excluding hydrogens is 272 g/mol. The summed E-state index contributed by atoms with van der Waals surface area (Å²) in [6.45, 7) is 0. The molecule has 0 unspecified atom stereocenters. The number of rotatable bonds is 2. The van der Waals surface area contributed by atoms with Crippen molar-refractivity contribution in [3.05, 3.63) is 52.7 Å². The minimum atomic E-state index is -0.368. The highest BCUT2D eigenvalue weighted by Crippen LogP contribution is 2.32. The van der Waals surface area contributed by atoms with E-state index in [1.807, 2.05) is 0 Å². The standard InChI is InChI=1S/C16H11O5/c1-20-13-6-5-9(7-11(13)18)15-8-12(19)16-10(17)3-2-4-14(16)21-15/h3-8,17-18H,1H3. The molecule has 0 atom stereocenters. The highest BCUT2D eigenvalue weighted by Gasteiger charge is 2.11. The molecule has 0 amide bonds. The van der Waals surface area contributed by atoms with Gasteiger partial charge in [-0.1, -0.05) is 0 Å². The molecule has 3 rings (SSSR count). The highest BCUT2D eigenvalue weighted by molar-refractivity contribution is 5.84. The maximum atomic E-state index is 12.1. The van der Waals surface area contributed by atoms with Gasteiger partial charge in [-0.3, -0.25) is 4.79 Å². The Morgan fingerprint density at radius 3 is 2.67 bits per heavy atom. The fourth-order valence-electron chi connectivity index (χ4n) is 2.12. The van der Waals surface area contributed by atoms with Crippen LogP contribution in [0.4, 0.5) is 0 Å². The number of fused-ring (bicyclic) bond motifs is 1. The molecule has 0 aliphatic rings. The molecule has 0 bridgehead atoms. The van der Waals surface area contributed by atoms with Gasteiger partial charge in [0, 0.05) is 11.6 Å². The number of ether oxygens (including phenoxy) is 1. The molecule has 1 heterocycles. The van der Waals surface area contributed by atoms with E-state index >= 15 is 0 Å². The van der Waals surface area contributed by atoms with Crippen LogP contribution in [0.2, 0.25) is 0 Å². The van der Waals surface area contributed by atoms with Gasteiger partial charge in [0.2, 0.25) is 0 Å². The first-order valence-corrected chi connectivity index (χ1v) is 6.14. The first-order valence-electron chi connectivity index (χ1n) is 6.14. The van der Waals surface area contributed by atoms with Gasteiger partial charge in [0.05, 0.1) is 7.11 Å². The van der Waals surface area contributed by atoms with E-state index in [-0.39, 0.29) is 33.7 Å². The maximum absolute atomic E-state index is 12.1. The maximum Gasteiger partial charge on any atom is 0.197 e. The molecule has 3 aromatic rings. The lowest BCUT2D eigenvalue weighted by Gasteiger charge is -2.07.